The number of hydrogen-bond acceptors (Lipinski definition) is 6. The van der Waals surface area contributed by atoms with Crippen molar-refractivity contribution in [1.29, 1.82) is 0 Å². The Morgan fingerprint density at radius 3 is 2.49 bits per heavy atom. The Morgan fingerprint density at radius 1 is 1.11 bits per heavy atom. The molecule has 0 fully saturated rings. The maximum absolute atomic E-state index is 13.2. The molecule has 0 spiro atoms. The number of carboxylic acid groups (broad SMARTS) is 1. The first-order valence-electron chi connectivity index (χ1n) is 10.8. The molecule has 1 unspecified atom stereocenters. The van der Waals surface area contributed by atoms with Gasteiger partial charge in [0.25, 0.3) is 5.91 Å². The Labute approximate surface area is 202 Å². The minimum atomic E-state index is -1.45. The molecule has 2 aromatic carbocycles. The highest BCUT2D eigenvalue weighted by Gasteiger charge is 2.41. The molecule has 1 aliphatic heterocycles. The van der Waals surface area contributed by atoms with Crippen LogP contribution in [0.2, 0.25) is 0 Å². The molecule has 184 valence electrons. The highest BCUT2D eigenvalue weighted by molar-refractivity contribution is 6.21. The lowest BCUT2D eigenvalue weighted by atomic mass is 9.98. The number of benzene rings is 2. The maximum atomic E-state index is 13.2. The molecule has 10 heteroatoms. The fourth-order valence-electron chi connectivity index (χ4n) is 3.85. The van der Waals surface area contributed by atoms with Crippen LogP contribution in [0.25, 0.3) is 11.1 Å². The van der Waals surface area contributed by atoms with Crippen LogP contribution >= 0.6 is 0 Å². The van der Waals surface area contributed by atoms with Gasteiger partial charge in [-0.25, -0.2) is 4.79 Å². The zero-order valence-corrected chi connectivity index (χ0v) is 19.9. The first-order chi connectivity index (χ1) is 16.7. The van der Waals surface area contributed by atoms with Crippen LogP contribution in [0, 0.1) is 0 Å². The van der Waals surface area contributed by atoms with E-state index in [0.29, 0.717) is 28.2 Å². The summed E-state index contributed by atoms with van der Waals surface area (Å²) >= 11 is 0. The monoisotopic (exact) mass is 481 g/mol. The second-order valence-electron chi connectivity index (χ2n) is 7.87. The van der Waals surface area contributed by atoms with Gasteiger partial charge in [0.15, 0.2) is 23.3 Å². The van der Waals surface area contributed by atoms with Crippen molar-refractivity contribution < 1.29 is 33.8 Å². The molecule has 3 amide bonds. The Hall–Kier alpha value is -4.34. The van der Waals surface area contributed by atoms with E-state index in [9.17, 15) is 19.2 Å². The number of ketones is 1. The van der Waals surface area contributed by atoms with Gasteiger partial charge in [0.1, 0.15) is 0 Å². The van der Waals surface area contributed by atoms with Crippen molar-refractivity contribution in [3.05, 3.63) is 54.2 Å². The number of carbonyl (C=O) groups is 4. The van der Waals surface area contributed by atoms with Crippen molar-refractivity contribution >= 4 is 29.4 Å². The number of para-hydroxylation sites is 1. The minimum absolute atomic E-state index is 0.173. The van der Waals surface area contributed by atoms with Crippen molar-refractivity contribution in [2.24, 2.45) is 0 Å². The number of aliphatic carboxylic acids is 1. The summed E-state index contributed by atoms with van der Waals surface area (Å²) in [6.45, 7) is 1.39. The lowest BCUT2D eigenvalue weighted by Crippen LogP contribution is -2.58. The molecule has 1 heterocycles. The first-order valence-corrected chi connectivity index (χ1v) is 10.8. The van der Waals surface area contributed by atoms with Crippen molar-refractivity contribution in [3.8, 4) is 22.6 Å². The second kappa shape index (κ2) is 10.7. The fourth-order valence-corrected chi connectivity index (χ4v) is 3.85. The van der Waals surface area contributed by atoms with E-state index in [1.54, 1.807) is 43.3 Å². The molecule has 1 atom stereocenters. The van der Waals surface area contributed by atoms with Crippen molar-refractivity contribution in [2.75, 3.05) is 32.7 Å². The molecule has 35 heavy (non-hydrogen) atoms. The number of anilines is 1. The topological polar surface area (TPSA) is 125 Å². The number of nitrogens with one attached hydrogen (secondary N) is 1. The van der Waals surface area contributed by atoms with Gasteiger partial charge in [-0.1, -0.05) is 24.3 Å². The van der Waals surface area contributed by atoms with Gasteiger partial charge in [-0.15, -0.1) is 0 Å². The number of urea groups is 1. The van der Waals surface area contributed by atoms with Gasteiger partial charge >= 0.3 is 12.0 Å². The number of methoxy groups -OCH3 is 2. The zero-order chi connectivity index (χ0) is 25.7. The SMILES string of the molecule is COc1cccc(-c2cccc(N(C(=O)NCCC(=O)O)C3C(=O)C(C)=CN(C)C3=O)c2)c1OC. The number of rotatable bonds is 8. The van der Waals surface area contributed by atoms with E-state index < -0.39 is 29.7 Å². The Kier molecular flexibility index (Phi) is 7.75. The third-order valence-electron chi connectivity index (χ3n) is 5.54. The van der Waals surface area contributed by atoms with Gasteiger partial charge in [0.05, 0.1) is 20.6 Å². The van der Waals surface area contributed by atoms with Crippen molar-refractivity contribution in [1.82, 2.24) is 10.2 Å². The van der Waals surface area contributed by atoms with Crippen LogP contribution in [-0.2, 0) is 14.4 Å². The van der Waals surface area contributed by atoms with Crippen molar-refractivity contribution in [2.45, 2.75) is 19.4 Å². The Balaban J connectivity index is 2.11. The summed E-state index contributed by atoms with van der Waals surface area (Å²) in [6, 6.07) is 9.87. The first kappa shape index (κ1) is 25.3. The molecule has 0 saturated heterocycles. The number of ether oxygens (including phenoxy) is 2. The average Bonchev–Trinajstić information content (AvgIpc) is 2.84. The number of Topliss-reactive ketones (excluding diaryl/α,β-unsaturated/α-hetero) is 1. The van der Waals surface area contributed by atoms with E-state index in [1.165, 1.54) is 32.4 Å². The lowest BCUT2D eigenvalue weighted by Gasteiger charge is -2.34. The highest BCUT2D eigenvalue weighted by Crippen LogP contribution is 2.39. The summed E-state index contributed by atoms with van der Waals surface area (Å²) < 4.78 is 10.9. The van der Waals surface area contributed by atoms with E-state index >= 15 is 0 Å². The summed E-state index contributed by atoms with van der Waals surface area (Å²) in [5.74, 6) is -1.21. The minimum Gasteiger partial charge on any atom is -0.493 e. The van der Waals surface area contributed by atoms with Crippen LogP contribution < -0.4 is 19.7 Å². The number of nitrogens with zero attached hydrogens (tertiary/aromatic N) is 2. The predicted molar refractivity (Wildman–Crippen MR) is 128 cm³/mol. The van der Waals surface area contributed by atoms with E-state index in [1.807, 2.05) is 6.07 Å². The average molecular weight is 482 g/mol. The number of amides is 3. The maximum Gasteiger partial charge on any atom is 0.323 e. The van der Waals surface area contributed by atoms with Gasteiger partial charge in [0, 0.05) is 36.6 Å². The molecule has 2 aromatic rings. The summed E-state index contributed by atoms with van der Waals surface area (Å²) in [6.07, 6.45) is 1.10. The molecule has 2 N–H and O–H groups in total. The van der Waals surface area contributed by atoms with Crippen LogP contribution in [0.1, 0.15) is 13.3 Å². The van der Waals surface area contributed by atoms with E-state index in [0.717, 1.165) is 4.90 Å². The number of hydrogen-bond donors (Lipinski definition) is 2. The van der Waals surface area contributed by atoms with E-state index in [-0.39, 0.29) is 18.7 Å². The summed E-state index contributed by atoms with van der Waals surface area (Å²) in [5.41, 5.74) is 1.91. The zero-order valence-electron chi connectivity index (χ0n) is 19.9. The predicted octanol–water partition coefficient (Wildman–Crippen LogP) is 2.68. The largest absolute Gasteiger partial charge is 0.493 e. The number of likely N-dealkylation sites (N-methyl/N-ethyl adjacent to an activating group) is 1. The smallest absolute Gasteiger partial charge is 0.323 e. The van der Waals surface area contributed by atoms with Gasteiger partial charge < -0.3 is 24.8 Å². The Bertz CT molecular complexity index is 1190. The van der Waals surface area contributed by atoms with Crippen LogP contribution in [0.5, 0.6) is 11.5 Å². The van der Waals surface area contributed by atoms with Crippen LogP contribution in [-0.4, -0.2) is 67.6 Å². The van der Waals surface area contributed by atoms with Gasteiger partial charge in [-0.05, 0) is 30.7 Å². The molecule has 3 rings (SSSR count). The van der Waals surface area contributed by atoms with Crippen LogP contribution in [0.4, 0.5) is 10.5 Å². The van der Waals surface area contributed by atoms with Crippen LogP contribution in [0.3, 0.4) is 0 Å². The third kappa shape index (κ3) is 5.26. The molecule has 0 bridgehead atoms. The standard InChI is InChI=1S/C25H27N3O7/c1-15-14-27(2)24(32)21(22(15)31)28(25(33)26-12-11-20(29)30)17-8-5-7-16(13-17)18-9-6-10-19(34-3)23(18)35-4/h5-10,13-14,21H,11-12H2,1-4H3,(H,26,33)(H,29,30). The van der Waals surface area contributed by atoms with Crippen LogP contribution in [0.15, 0.2) is 54.2 Å². The summed E-state index contributed by atoms with van der Waals surface area (Å²) in [4.78, 5) is 52.6. The molecule has 0 aromatic heterocycles. The van der Waals surface area contributed by atoms with E-state index in [2.05, 4.69) is 5.32 Å². The van der Waals surface area contributed by atoms with Gasteiger partial charge in [-0.3, -0.25) is 19.3 Å². The molecule has 0 radical (unpaired) electrons. The fraction of sp³-hybridized carbons (Fsp3) is 0.280. The van der Waals surface area contributed by atoms with E-state index in [4.69, 9.17) is 14.6 Å². The van der Waals surface area contributed by atoms with Crippen molar-refractivity contribution in [3.63, 3.8) is 0 Å². The molecular formula is C25H27N3O7. The third-order valence-corrected chi connectivity index (χ3v) is 5.54. The second-order valence-corrected chi connectivity index (χ2v) is 7.87. The molecule has 0 saturated carbocycles. The van der Waals surface area contributed by atoms with Gasteiger partial charge in [-0.2, -0.15) is 0 Å². The Morgan fingerprint density at radius 2 is 1.83 bits per heavy atom. The quantitative estimate of drug-likeness (QED) is 0.555. The number of carbonyl (C=O) groups excluding carboxylic acids is 3. The van der Waals surface area contributed by atoms with Gasteiger partial charge in [0.2, 0.25) is 0 Å². The lowest BCUT2D eigenvalue weighted by molar-refractivity contribution is -0.137. The highest BCUT2D eigenvalue weighted by atomic mass is 16.5. The summed E-state index contributed by atoms with van der Waals surface area (Å²) in [7, 11) is 4.54. The molecule has 1 aliphatic rings. The molecular weight excluding hydrogens is 454 g/mol. The number of carboxylic acids is 1. The molecule has 0 aliphatic carbocycles. The molecule has 10 nitrogen and oxygen atoms in total. The summed E-state index contributed by atoms with van der Waals surface area (Å²) in [5, 5.41) is 11.4. The normalized spacial score (nSPS) is 15.4.